The third kappa shape index (κ3) is 4.22. The van der Waals surface area contributed by atoms with Gasteiger partial charge in [-0.3, -0.25) is 19.2 Å². The molecular formula is C23H23N3O6. The molecule has 9 nitrogen and oxygen atoms in total. The Morgan fingerprint density at radius 3 is 1.78 bits per heavy atom. The second kappa shape index (κ2) is 9.42. The first-order valence-corrected chi connectivity index (χ1v) is 9.83. The van der Waals surface area contributed by atoms with E-state index in [-0.39, 0.29) is 0 Å². The van der Waals surface area contributed by atoms with Crippen LogP contribution in [0.15, 0.2) is 48.5 Å². The van der Waals surface area contributed by atoms with Gasteiger partial charge in [0.2, 0.25) is 5.91 Å². The van der Waals surface area contributed by atoms with Gasteiger partial charge in [0.05, 0.1) is 30.8 Å². The molecule has 0 aliphatic rings. The minimum absolute atomic E-state index is 0.303. The lowest BCUT2D eigenvalue weighted by Crippen LogP contribution is -2.53. The van der Waals surface area contributed by atoms with Crippen LogP contribution in [0.2, 0.25) is 0 Å². The number of rotatable bonds is 7. The van der Waals surface area contributed by atoms with Gasteiger partial charge < -0.3 is 20.5 Å². The number of carbonyl (C=O) groups is 4. The van der Waals surface area contributed by atoms with Gasteiger partial charge in [-0.2, -0.15) is 0 Å². The molecule has 0 spiro atoms. The van der Waals surface area contributed by atoms with Gasteiger partial charge in [0, 0.05) is 16.7 Å². The number of fused-ring (bicyclic) bond motifs is 2. The van der Waals surface area contributed by atoms with Crippen LogP contribution in [0.3, 0.4) is 0 Å². The Morgan fingerprint density at radius 2 is 1.34 bits per heavy atom. The van der Waals surface area contributed by atoms with Gasteiger partial charge in [0.25, 0.3) is 5.91 Å². The average Bonchev–Trinajstić information content (AvgIpc) is 2.80. The first-order valence-electron chi connectivity index (χ1n) is 9.83. The zero-order valence-electron chi connectivity index (χ0n) is 17.8. The lowest BCUT2D eigenvalue weighted by atomic mass is 9.86. The predicted octanol–water partition coefficient (Wildman–Crippen LogP) is 1.57. The van der Waals surface area contributed by atoms with Gasteiger partial charge in [-0.25, -0.2) is 4.98 Å². The Kier molecular flexibility index (Phi) is 6.67. The first-order chi connectivity index (χ1) is 15.3. The molecule has 1 aromatic heterocycles. The highest BCUT2D eigenvalue weighted by atomic mass is 16.5. The van der Waals surface area contributed by atoms with Gasteiger partial charge in [-0.1, -0.05) is 43.3 Å². The molecule has 0 radical (unpaired) electrons. The van der Waals surface area contributed by atoms with Crippen molar-refractivity contribution in [3.05, 3.63) is 54.1 Å². The van der Waals surface area contributed by atoms with E-state index >= 15 is 0 Å². The third-order valence-electron chi connectivity index (χ3n) is 5.37. The monoisotopic (exact) mass is 437 g/mol. The highest BCUT2D eigenvalue weighted by molar-refractivity contribution is 6.16. The second-order valence-electron chi connectivity index (χ2n) is 7.26. The lowest BCUT2D eigenvalue weighted by molar-refractivity contribution is -0.161. The SMILES string of the molecule is COC(=O)C(C(=O)OC)[C@@H](C)[C@@H](NC(=O)c1c2ccccc2nc2ccccc12)C(N)=O. The van der Waals surface area contributed by atoms with Gasteiger partial charge >= 0.3 is 11.9 Å². The highest BCUT2D eigenvalue weighted by Gasteiger charge is 2.41. The summed E-state index contributed by atoms with van der Waals surface area (Å²) in [5.41, 5.74) is 7.04. The van der Waals surface area contributed by atoms with E-state index in [4.69, 9.17) is 5.73 Å². The molecular weight excluding hydrogens is 414 g/mol. The number of para-hydroxylation sites is 2. The number of nitrogens with zero attached hydrogens (tertiary/aromatic N) is 1. The van der Waals surface area contributed by atoms with Crippen LogP contribution in [0.5, 0.6) is 0 Å². The second-order valence-corrected chi connectivity index (χ2v) is 7.26. The Morgan fingerprint density at radius 1 is 0.875 bits per heavy atom. The number of aromatic nitrogens is 1. The van der Waals surface area contributed by atoms with Crippen molar-refractivity contribution in [2.75, 3.05) is 14.2 Å². The molecule has 0 saturated heterocycles. The molecule has 2 aromatic carbocycles. The molecule has 0 fully saturated rings. The van der Waals surface area contributed by atoms with Crippen molar-refractivity contribution in [3.8, 4) is 0 Å². The van der Waals surface area contributed by atoms with E-state index in [2.05, 4.69) is 19.8 Å². The quantitative estimate of drug-likeness (QED) is 0.325. The number of pyridine rings is 1. The van der Waals surface area contributed by atoms with Crippen LogP contribution in [-0.4, -0.2) is 49.0 Å². The minimum atomic E-state index is -1.45. The molecule has 2 amide bonds. The van der Waals surface area contributed by atoms with Crippen LogP contribution in [0.4, 0.5) is 0 Å². The number of hydrogen-bond acceptors (Lipinski definition) is 7. The summed E-state index contributed by atoms with van der Waals surface area (Å²) in [6, 6.07) is 12.8. The van der Waals surface area contributed by atoms with E-state index in [9.17, 15) is 19.2 Å². The van der Waals surface area contributed by atoms with Crippen LogP contribution < -0.4 is 11.1 Å². The molecule has 0 saturated carbocycles. The summed E-state index contributed by atoms with van der Waals surface area (Å²) in [5, 5.41) is 3.76. The Bertz CT molecular complexity index is 1140. The summed E-state index contributed by atoms with van der Waals surface area (Å²) < 4.78 is 9.36. The molecule has 3 aromatic rings. The topological polar surface area (TPSA) is 138 Å². The third-order valence-corrected chi connectivity index (χ3v) is 5.37. The van der Waals surface area contributed by atoms with Crippen molar-refractivity contribution in [2.45, 2.75) is 13.0 Å². The van der Waals surface area contributed by atoms with Crippen LogP contribution in [-0.2, 0) is 23.9 Å². The van der Waals surface area contributed by atoms with Crippen molar-refractivity contribution in [1.82, 2.24) is 10.3 Å². The van der Waals surface area contributed by atoms with Gasteiger partial charge in [-0.05, 0) is 12.1 Å². The molecule has 0 unspecified atom stereocenters. The maximum absolute atomic E-state index is 13.4. The van der Waals surface area contributed by atoms with E-state index in [0.29, 0.717) is 27.4 Å². The van der Waals surface area contributed by atoms with Crippen LogP contribution in [0, 0.1) is 11.8 Å². The summed E-state index contributed by atoms with van der Waals surface area (Å²) in [6.07, 6.45) is 0. The molecule has 2 atom stereocenters. The van der Waals surface area contributed by atoms with Gasteiger partial charge in [0.1, 0.15) is 6.04 Å². The van der Waals surface area contributed by atoms with Crippen molar-refractivity contribution in [2.24, 2.45) is 17.6 Å². The number of benzene rings is 2. The molecule has 0 aliphatic carbocycles. The fourth-order valence-electron chi connectivity index (χ4n) is 3.73. The molecule has 0 bridgehead atoms. The molecule has 9 heteroatoms. The number of primary amides is 1. The largest absolute Gasteiger partial charge is 0.468 e. The fraction of sp³-hybridized carbons (Fsp3) is 0.261. The zero-order valence-corrected chi connectivity index (χ0v) is 17.8. The summed E-state index contributed by atoms with van der Waals surface area (Å²) in [7, 11) is 2.22. The molecule has 32 heavy (non-hydrogen) atoms. The van der Waals surface area contributed by atoms with E-state index in [1.807, 2.05) is 0 Å². The Balaban J connectivity index is 2.06. The molecule has 3 N–H and O–H groups in total. The summed E-state index contributed by atoms with van der Waals surface area (Å²) in [6.45, 7) is 1.44. The minimum Gasteiger partial charge on any atom is -0.468 e. The maximum atomic E-state index is 13.4. The standard InChI is InChI=1S/C23H23N3O6/c1-12(17(22(29)31-2)23(30)32-3)19(20(24)27)26-21(28)18-13-8-4-6-10-15(13)25-16-11-7-5-9-14(16)18/h4-12,17,19H,1-3H3,(H2,24,27)(H,26,28)/t12-,19-/m1/s1. The normalized spacial score (nSPS) is 12.9. The lowest BCUT2D eigenvalue weighted by Gasteiger charge is -2.27. The van der Waals surface area contributed by atoms with Crippen LogP contribution in [0.1, 0.15) is 17.3 Å². The number of nitrogens with two attached hydrogens (primary N) is 1. The van der Waals surface area contributed by atoms with E-state index in [0.717, 1.165) is 14.2 Å². The van der Waals surface area contributed by atoms with Crippen molar-refractivity contribution in [1.29, 1.82) is 0 Å². The molecule has 1 heterocycles. The smallest absolute Gasteiger partial charge is 0.320 e. The summed E-state index contributed by atoms with van der Waals surface area (Å²) in [4.78, 5) is 54.6. The first kappa shape index (κ1) is 22.7. The van der Waals surface area contributed by atoms with Crippen LogP contribution in [0.25, 0.3) is 21.8 Å². The summed E-state index contributed by atoms with van der Waals surface area (Å²) in [5.74, 6) is -5.78. The van der Waals surface area contributed by atoms with Crippen LogP contribution >= 0.6 is 0 Å². The fourth-order valence-corrected chi connectivity index (χ4v) is 3.73. The number of ether oxygens (including phenoxy) is 2. The molecule has 0 aliphatic heterocycles. The Labute approximate surface area is 183 Å². The zero-order chi connectivity index (χ0) is 23.4. The van der Waals surface area contributed by atoms with Crippen molar-refractivity contribution < 1.29 is 28.7 Å². The average molecular weight is 437 g/mol. The number of amides is 2. The number of methoxy groups -OCH3 is 2. The maximum Gasteiger partial charge on any atom is 0.320 e. The van der Waals surface area contributed by atoms with Gasteiger partial charge in [-0.15, -0.1) is 0 Å². The number of hydrogen-bond donors (Lipinski definition) is 2. The predicted molar refractivity (Wildman–Crippen MR) is 116 cm³/mol. The van der Waals surface area contributed by atoms with Gasteiger partial charge in [0.15, 0.2) is 5.92 Å². The molecule has 3 rings (SSSR count). The van der Waals surface area contributed by atoms with E-state index < -0.39 is 41.6 Å². The number of esters is 2. The van der Waals surface area contributed by atoms with E-state index in [1.54, 1.807) is 48.5 Å². The number of carbonyl (C=O) groups excluding carboxylic acids is 4. The Hall–Kier alpha value is -4.01. The number of nitrogens with one attached hydrogen (secondary N) is 1. The summed E-state index contributed by atoms with van der Waals surface area (Å²) >= 11 is 0. The van der Waals surface area contributed by atoms with Crippen molar-refractivity contribution in [3.63, 3.8) is 0 Å². The molecule has 166 valence electrons. The highest BCUT2D eigenvalue weighted by Crippen LogP contribution is 2.27. The van der Waals surface area contributed by atoms with Crippen molar-refractivity contribution >= 4 is 45.6 Å². The van der Waals surface area contributed by atoms with E-state index in [1.165, 1.54) is 6.92 Å².